The van der Waals surface area contributed by atoms with E-state index in [-0.39, 0.29) is 17.8 Å². The molecule has 0 radical (unpaired) electrons. The summed E-state index contributed by atoms with van der Waals surface area (Å²) < 4.78 is 2.04. The van der Waals surface area contributed by atoms with Crippen molar-refractivity contribution in [1.82, 2.24) is 14.5 Å². The van der Waals surface area contributed by atoms with Crippen LogP contribution in [-0.4, -0.2) is 34.4 Å². The van der Waals surface area contributed by atoms with Gasteiger partial charge in [0.15, 0.2) is 0 Å². The summed E-state index contributed by atoms with van der Waals surface area (Å²) in [6, 6.07) is 10.1. The van der Waals surface area contributed by atoms with Crippen LogP contribution in [0.5, 0.6) is 0 Å². The van der Waals surface area contributed by atoms with Gasteiger partial charge in [-0.05, 0) is 12.5 Å². The molecule has 0 bridgehead atoms. The number of amides is 2. The van der Waals surface area contributed by atoms with Gasteiger partial charge in [-0.2, -0.15) is 4.98 Å². The second-order valence-electron chi connectivity index (χ2n) is 12.4. The molecule has 2 heterocycles. The maximum atomic E-state index is 13.5. The Bertz CT molecular complexity index is 1330. The van der Waals surface area contributed by atoms with Crippen LogP contribution >= 0.6 is 0 Å². The van der Waals surface area contributed by atoms with Crippen LogP contribution in [0.2, 0.25) is 19.6 Å². The van der Waals surface area contributed by atoms with Gasteiger partial charge >= 0.3 is 0 Å². The number of hydrogen-bond donors (Lipinski definition) is 0. The molecule has 2 aromatic heterocycles. The number of carbonyl (C=O) groups excluding carboxylic acids is 2. The quantitative estimate of drug-likeness (QED) is 0.327. The molecule has 0 unspecified atom stereocenters. The lowest BCUT2D eigenvalue weighted by Crippen LogP contribution is -2.49. The first-order chi connectivity index (χ1) is 16.5. The molecule has 3 aromatic rings. The Kier molecular flexibility index (Phi) is 7.34. The Labute approximate surface area is 216 Å². The largest absolute Gasteiger partial charge is 0.327 e. The topological polar surface area (TPSA) is 68.1 Å². The van der Waals surface area contributed by atoms with E-state index in [0.29, 0.717) is 17.9 Å². The Morgan fingerprint density at radius 1 is 0.944 bits per heavy atom. The Morgan fingerprint density at radius 3 is 2.00 bits per heavy atom. The molecule has 1 aromatic carbocycles. The molecule has 7 heteroatoms. The van der Waals surface area contributed by atoms with Gasteiger partial charge in [0.2, 0.25) is 17.8 Å². The summed E-state index contributed by atoms with van der Waals surface area (Å²) in [5.74, 6) is 2.82. The molecule has 0 aliphatic rings. The number of hydrogen-bond acceptors (Lipinski definition) is 4. The lowest BCUT2D eigenvalue weighted by atomic mass is 9.90. The second kappa shape index (κ2) is 9.66. The van der Waals surface area contributed by atoms with Crippen molar-refractivity contribution in [3.63, 3.8) is 0 Å². The average molecular weight is 503 g/mol. The van der Waals surface area contributed by atoms with E-state index in [1.54, 1.807) is 41.5 Å². The summed E-state index contributed by atoms with van der Waals surface area (Å²) in [6.45, 7) is 19.9. The molecule has 0 fully saturated rings. The van der Waals surface area contributed by atoms with Crippen LogP contribution < -0.4 is 4.90 Å². The first-order valence-electron chi connectivity index (χ1n) is 12.3. The van der Waals surface area contributed by atoms with E-state index in [1.807, 2.05) is 35.9 Å². The summed E-state index contributed by atoms with van der Waals surface area (Å²) >= 11 is 0. The molecule has 36 heavy (non-hydrogen) atoms. The van der Waals surface area contributed by atoms with Crippen molar-refractivity contribution in [2.24, 2.45) is 10.8 Å². The third-order valence-electron chi connectivity index (χ3n) is 5.54. The van der Waals surface area contributed by atoms with E-state index < -0.39 is 18.9 Å². The molecule has 0 spiro atoms. The summed E-state index contributed by atoms with van der Waals surface area (Å²) in [5.41, 5.74) is 5.21. The number of rotatable bonds is 3. The Morgan fingerprint density at radius 2 is 1.50 bits per heavy atom. The molecule has 2 amide bonds. The predicted molar refractivity (Wildman–Crippen MR) is 149 cm³/mol. The van der Waals surface area contributed by atoms with Crippen molar-refractivity contribution in [3.8, 4) is 11.5 Å². The number of nitrogens with zero attached hydrogens (tertiary/aromatic N) is 4. The third-order valence-corrected chi connectivity index (χ3v) is 6.42. The van der Waals surface area contributed by atoms with Gasteiger partial charge in [0.25, 0.3) is 0 Å². The zero-order chi connectivity index (χ0) is 27.1. The van der Waals surface area contributed by atoms with Crippen LogP contribution in [0.3, 0.4) is 0 Å². The number of anilines is 1. The highest BCUT2D eigenvalue weighted by molar-refractivity contribution is 6.83. The zero-order valence-corrected chi connectivity index (χ0v) is 24.3. The van der Waals surface area contributed by atoms with Crippen molar-refractivity contribution in [2.45, 2.75) is 74.7 Å². The average Bonchev–Trinajstić information content (AvgIpc) is 3.09. The van der Waals surface area contributed by atoms with Gasteiger partial charge < -0.3 is 4.57 Å². The van der Waals surface area contributed by atoms with E-state index in [9.17, 15) is 9.59 Å². The number of benzene rings is 1. The van der Waals surface area contributed by atoms with Gasteiger partial charge in [-0.3, -0.25) is 9.59 Å². The molecular weight excluding hydrogens is 464 g/mol. The summed E-state index contributed by atoms with van der Waals surface area (Å²) in [6.07, 6.45) is 2.01. The standard InChI is InChI=1S/C29H38N4O2Si/c1-20-23-22(16-17-36(8,9)10)19-32(18-21-14-12-11-13-15-21)24(23)31-27(30-20)33(25(34)28(2,3)4)26(35)29(5,6)7/h11-15,19H,18H2,1-10H3. The maximum absolute atomic E-state index is 13.5. The van der Waals surface area contributed by atoms with E-state index >= 15 is 0 Å². The lowest BCUT2D eigenvalue weighted by Gasteiger charge is -2.31. The molecule has 0 aliphatic heterocycles. The van der Waals surface area contributed by atoms with Crippen molar-refractivity contribution in [1.29, 1.82) is 0 Å². The molecule has 0 N–H and O–H groups in total. The summed E-state index contributed by atoms with van der Waals surface area (Å²) in [4.78, 5) is 37.7. The van der Waals surface area contributed by atoms with Crippen molar-refractivity contribution in [3.05, 3.63) is 53.3 Å². The SMILES string of the molecule is Cc1nc(N(C(=O)C(C)(C)C)C(=O)C(C)(C)C)nc2c1c(C#C[Si](C)(C)C)cn2Cc1ccccc1. The van der Waals surface area contributed by atoms with Crippen LogP contribution in [0.1, 0.15) is 58.4 Å². The number of carbonyl (C=O) groups is 2. The maximum Gasteiger partial charge on any atom is 0.241 e. The van der Waals surface area contributed by atoms with Crippen LogP contribution in [-0.2, 0) is 16.1 Å². The van der Waals surface area contributed by atoms with Gasteiger partial charge in [0.1, 0.15) is 13.7 Å². The Hall–Kier alpha value is -3.24. The first-order valence-corrected chi connectivity index (χ1v) is 15.8. The second-order valence-corrected chi connectivity index (χ2v) is 17.2. The number of aromatic nitrogens is 3. The third kappa shape index (κ3) is 6.11. The predicted octanol–water partition coefficient (Wildman–Crippen LogP) is 5.97. The molecule has 0 aliphatic carbocycles. The van der Waals surface area contributed by atoms with Crippen LogP contribution in [0.4, 0.5) is 5.95 Å². The number of imide groups is 1. The smallest absolute Gasteiger partial charge is 0.241 e. The fraction of sp³-hybridized carbons (Fsp3) is 0.448. The van der Waals surface area contributed by atoms with E-state index in [1.165, 1.54) is 4.90 Å². The normalized spacial score (nSPS) is 12.3. The van der Waals surface area contributed by atoms with Gasteiger partial charge in [0.05, 0.1) is 16.6 Å². The zero-order valence-electron chi connectivity index (χ0n) is 23.3. The van der Waals surface area contributed by atoms with E-state index in [0.717, 1.165) is 16.5 Å². The number of aryl methyl sites for hydroxylation is 1. The molecule has 0 atom stereocenters. The van der Waals surface area contributed by atoms with Crippen LogP contribution in [0.15, 0.2) is 36.5 Å². The minimum absolute atomic E-state index is 0.108. The molecule has 3 rings (SSSR count). The molecule has 6 nitrogen and oxygen atoms in total. The van der Waals surface area contributed by atoms with Gasteiger partial charge in [-0.15, -0.1) is 5.54 Å². The fourth-order valence-corrected chi connectivity index (χ4v) is 4.15. The van der Waals surface area contributed by atoms with E-state index in [2.05, 4.69) is 43.2 Å². The monoisotopic (exact) mass is 502 g/mol. The van der Waals surface area contributed by atoms with Crippen molar-refractivity contribution in [2.75, 3.05) is 4.90 Å². The minimum atomic E-state index is -1.62. The van der Waals surface area contributed by atoms with Gasteiger partial charge in [0, 0.05) is 23.6 Å². The number of fused-ring (bicyclic) bond motifs is 1. The van der Waals surface area contributed by atoms with Crippen molar-refractivity contribution >= 4 is 36.9 Å². The highest BCUT2D eigenvalue weighted by Gasteiger charge is 2.39. The van der Waals surface area contributed by atoms with Crippen LogP contribution in [0, 0.1) is 29.2 Å². The minimum Gasteiger partial charge on any atom is -0.327 e. The highest BCUT2D eigenvalue weighted by atomic mass is 28.3. The Balaban J connectivity index is 2.30. The fourth-order valence-electron chi connectivity index (χ4n) is 3.64. The molecule has 0 saturated heterocycles. The molecule has 0 saturated carbocycles. The summed E-state index contributed by atoms with van der Waals surface area (Å²) in [7, 11) is -1.62. The van der Waals surface area contributed by atoms with Gasteiger partial charge in [-0.1, -0.05) is 97.4 Å². The molecule has 190 valence electrons. The van der Waals surface area contributed by atoms with Gasteiger partial charge in [-0.25, -0.2) is 9.88 Å². The van der Waals surface area contributed by atoms with E-state index in [4.69, 9.17) is 9.97 Å². The molecular formula is C29H38N4O2Si. The lowest BCUT2D eigenvalue weighted by molar-refractivity contribution is -0.134. The van der Waals surface area contributed by atoms with Crippen LogP contribution in [0.25, 0.3) is 11.0 Å². The first kappa shape index (κ1) is 27.3. The summed E-state index contributed by atoms with van der Waals surface area (Å²) in [5, 5.41) is 0.854. The van der Waals surface area contributed by atoms with Crippen molar-refractivity contribution < 1.29 is 9.59 Å². The highest BCUT2D eigenvalue weighted by Crippen LogP contribution is 2.30.